The highest BCUT2D eigenvalue weighted by Crippen LogP contribution is 2.25. The van der Waals surface area contributed by atoms with Crippen molar-refractivity contribution < 1.29 is 8.42 Å². The van der Waals surface area contributed by atoms with E-state index in [1.165, 1.54) is 0 Å². The third-order valence-corrected chi connectivity index (χ3v) is 5.23. The Morgan fingerprint density at radius 1 is 1.53 bits per heavy atom. The van der Waals surface area contributed by atoms with E-state index in [-0.39, 0.29) is 11.8 Å². The predicted molar refractivity (Wildman–Crippen MR) is 77.0 cm³/mol. The summed E-state index contributed by atoms with van der Waals surface area (Å²) in [7, 11) is -2.92. The van der Waals surface area contributed by atoms with Gasteiger partial charge in [0.05, 0.1) is 22.9 Å². The van der Waals surface area contributed by atoms with Crippen LogP contribution in [0.3, 0.4) is 0 Å². The molecule has 0 amide bonds. The van der Waals surface area contributed by atoms with Gasteiger partial charge in [-0.05, 0) is 26.2 Å². The van der Waals surface area contributed by atoms with Crippen LogP contribution in [0.2, 0.25) is 0 Å². The zero-order valence-corrected chi connectivity index (χ0v) is 12.3. The van der Waals surface area contributed by atoms with E-state index in [0.717, 1.165) is 30.9 Å². The highest BCUT2D eigenvalue weighted by atomic mass is 32.2. The van der Waals surface area contributed by atoms with Crippen LogP contribution in [0.5, 0.6) is 0 Å². The Labute approximate surface area is 114 Å². The lowest BCUT2D eigenvalue weighted by Crippen LogP contribution is -2.35. The van der Waals surface area contributed by atoms with Gasteiger partial charge >= 0.3 is 0 Å². The molecule has 1 unspecified atom stereocenters. The van der Waals surface area contributed by atoms with Crippen molar-refractivity contribution in [2.24, 2.45) is 0 Å². The van der Waals surface area contributed by atoms with Gasteiger partial charge in [0.1, 0.15) is 5.82 Å². The molecular weight excluding hydrogens is 264 g/mol. The van der Waals surface area contributed by atoms with Gasteiger partial charge in [-0.3, -0.25) is 0 Å². The van der Waals surface area contributed by atoms with E-state index in [2.05, 4.69) is 17.3 Å². The van der Waals surface area contributed by atoms with Gasteiger partial charge in [0, 0.05) is 12.6 Å². The molecule has 108 valence electrons. The minimum atomic E-state index is -2.92. The van der Waals surface area contributed by atoms with Crippen LogP contribution in [0.4, 0.5) is 11.5 Å². The number of aromatic nitrogens is 2. The van der Waals surface area contributed by atoms with Crippen molar-refractivity contribution in [3.63, 3.8) is 0 Å². The number of rotatable bonds is 4. The molecule has 1 saturated heterocycles. The summed E-state index contributed by atoms with van der Waals surface area (Å²) in [5, 5.41) is 7.66. The summed E-state index contributed by atoms with van der Waals surface area (Å²) in [6.45, 7) is 4.71. The van der Waals surface area contributed by atoms with Crippen molar-refractivity contribution in [3.8, 4) is 0 Å². The molecule has 1 aromatic rings. The SMILES string of the molecule is CCCn1nc(C)c(N)c1NC1CCCS(=O)(=O)C1. The number of sulfone groups is 1. The second-order valence-corrected chi connectivity index (χ2v) is 7.40. The average Bonchev–Trinajstić information content (AvgIpc) is 2.56. The molecule has 0 aromatic carbocycles. The molecule has 1 aliphatic rings. The van der Waals surface area contributed by atoms with Crippen LogP contribution >= 0.6 is 0 Å². The Morgan fingerprint density at radius 3 is 2.89 bits per heavy atom. The van der Waals surface area contributed by atoms with E-state index in [1.54, 1.807) is 0 Å². The van der Waals surface area contributed by atoms with Crippen LogP contribution < -0.4 is 11.1 Å². The van der Waals surface area contributed by atoms with Crippen molar-refractivity contribution in [1.29, 1.82) is 0 Å². The molecule has 19 heavy (non-hydrogen) atoms. The first-order chi connectivity index (χ1) is 8.93. The number of nitrogens with two attached hydrogens (primary N) is 1. The van der Waals surface area contributed by atoms with Crippen LogP contribution in [0.25, 0.3) is 0 Å². The molecule has 0 saturated carbocycles. The van der Waals surface area contributed by atoms with Gasteiger partial charge in [-0.15, -0.1) is 0 Å². The standard InChI is InChI=1S/C12H22N4O2S/c1-3-6-16-12(11(13)9(2)15-16)14-10-5-4-7-19(17,18)8-10/h10,14H,3-8,13H2,1-2H3. The summed E-state index contributed by atoms with van der Waals surface area (Å²) < 4.78 is 25.2. The van der Waals surface area contributed by atoms with Crippen LogP contribution in [0.1, 0.15) is 31.9 Å². The number of aryl methyl sites for hydroxylation is 2. The van der Waals surface area contributed by atoms with Gasteiger partial charge in [0.2, 0.25) is 0 Å². The molecule has 0 spiro atoms. The number of nitrogen functional groups attached to an aromatic ring is 1. The highest BCUT2D eigenvalue weighted by molar-refractivity contribution is 7.91. The Kier molecular flexibility index (Phi) is 4.03. The van der Waals surface area contributed by atoms with Gasteiger partial charge in [-0.2, -0.15) is 5.10 Å². The average molecular weight is 286 g/mol. The second-order valence-electron chi connectivity index (χ2n) is 5.17. The van der Waals surface area contributed by atoms with Crippen molar-refractivity contribution in [2.45, 2.75) is 45.7 Å². The van der Waals surface area contributed by atoms with Crippen molar-refractivity contribution >= 4 is 21.3 Å². The molecule has 1 atom stereocenters. The number of hydrogen-bond acceptors (Lipinski definition) is 5. The third-order valence-electron chi connectivity index (χ3n) is 3.41. The molecule has 7 heteroatoms. The fraction of sp³-hybridized carbons (Fsp3) is 0.750. The van der Waals surface area contributed by atoms with Crippen LogP contribution in [0.15, 0.2) is 0 Å². The maximum absolute atomic E-state index is 11.7. The monoisotopic (exact) mass is 286 g/mol. The third kappa shape index (κ3) is 3.20. The van der Waals surface area contributed by atoms with Crippen molar-refractivity contribution in [1.82, 2.24) is 9.78 Å². The van der Waals surface area contributed by atoms with E-state index in [9.17, 15) is 8.42 Å². The molecular formula is C12H22N4O2S. The summed E-state index contributed by atoms with van der Waals surface area (Å²) in [6.07, 6.45) is 2.52. The Balaban J connectivity index is 2.18. The Hall–Kier alpha value is -1.24. The quantitative estimate of drug-likeness (QED) is 0.867. The first kappa shape index (κ1) is 14.2. The summed E-state index contributed by atoms with van der Waals surface area (Å²) in [4.78, 5) is 0. The lowest BCUT2D eigenvalue weighted by molar-refractivity contribution is 0.555. The zero-order chi connectivity index (χ0) is 14.0. The molecule has 3 N–H and O–H groups in total. The number of anilines is 2. The molecule has 2 heterocycles. The number of nitrogens with zero attached hydrogens (tertiary/aromatic N) is 2. The first-order valence-corrected chi connectivity index (χ1v) is 8.55. The second kappa shape index (κ2) is 5.40. The van der Waals surface area contributed by atoms with Gasteiger partial charge < -0.3 is 11.1 Å². The lowest BCUT2D eigenvalue weighted by Gasteiger charge is -2.24. The summed E-state index contributed by atoms with van der Waals surface area (Å²) in [6, 6.07) is -0.0623. The lowest BCUT2D eigenvalue weighted by atomic mass is 10.2. The fourth-order valence-electron chi connectivity index (χ4n) is 2.45. The first-order valence-electron chi connectivity index (χ1n) is 6.73. The van der Waals surface area contributed by atoms with Gasteiger partial charge in [-0.1, -0.05) is 6.92 Å². The van der Waals surface area contributed by atoms with E-state index < -0.39 is 9.84 Å². The maximum Gasteiger partial charge on any atom is 0.152 e. The summed E-state index contributed by atoms with van der Waals surface area (Å²) in [5.74, 6) is 1.25. The topological polar surface area (TPSA) is 90.0 Å². The molecule has 6 nitrogen and oxygen atoms in total. The summed E-state index contributed by atoms with van der Waals surface area (Å²) in [5.41, 5.74) is 7.43. The largest absolute Gasteiger partial charge is 0.394 e. The number of nitrogens with one attached hydrogen (secondary N) is 1. The van der Waals surface area contributed by atoms with Crippen LogP contribution in [-0.2, 0) is 16.4 Å². The molecule has 2 rings (SSSR count). The Bertz CT molecular complexity index is 550. The molecule has 0 radical (unpaired) electrons. The molecule has 1 aliphatic heterocycles. The van der Waals surface area contributed by atoms with Crippen LogP contribution in [-0.4, -0.2) is 35.7 Å². The maximum atomic E-state index is 11.7. The van der Waals surface area contributed by atoms with Crippen molar-refractivity contribution in [2.75, 3.05) is 22.6 Å². The van der Waals surface area contributed by atoms with E-state index in [0.29, 0.717) is 17.9 Å². The zero-order valence-electron chi connectivity index (χ0n) is 11.5. The minimum absolute atomic E-state index is 0.0623. The normalized spacial score (nSPS) is 22.3. The molecule has 1 aromatic heterocycles. The summed E-state index contributed by atoms with van der Waals surface area (Å²) >= 11 is 0. The van der Waals surface area contributed by atoms with Gasteiger partial charge in [0.15, 0.2) is 9.84 Å². The van der Waals surface area contributed by atoms with Gasteiger partial charge in [-0.25, -0.2) is 13.1 Å². The minimum Gasteiger partial charge on any atom is -0.394 e. The Morgan fingerprint density at radius 2 is 2.26 bits per heavy atom. The van der Waals surface area contributed by atoms with Crippen LogP contribution in [0, 0.1) is 6.92 Å². The van der Waals surface area contributed by atoms with Gasteiger partial charge in [0.25, 0.3) is 0 Å². The van der Waals surface area contributed by atoms with Crippen molar-refractivity contribution in [3.05, 3.63) is 5.69 Å². The van der Waals surface area contributed by atoms with E-state index in [4.69, 9.17) is 5.73 Å². The number of hydrogen-bond donors (Lipinski definition) is 2. The van der Waals surface area contributed by atoms with E-state index in [1.807, 2.05) is 11.6 Å². The predicted octanol–water partition coefficient (Wildman–Crippen LogP) is 1.17. The molecule has 0 bridgehead atoms. The smallest absolute Gasteiger partial charge is 0.152 e. The molecule has 1 fully saturated rings. The molecule has 0 aliphatic carbocycles. The highest BCUT2D eigenvalue weighted by Gasteiger charge is 2.26. The van der Waals surface area contributed by atoms with E-state index >= 15 is 0 Å². The fourth-order valence-corrected chi connectivity index (χ4v) is 4.09.